The van der Waals surface area contributed by atoms with Gasteiger partial charge in [-0.15, -0.1) is 0 Å². The zero-order valence-corrected chi connectivity index (χ0v) is 12.3. The number of nitrogens with zero attached hydrogens (tertiary/aromatic N) is 2. The van der Waals surface area contributed by atoms with Gasteiger partial charge in [0.1, 0.15) is 5.69 Å². The zero-order valence-electron chi connectivity index (χ0n) is 12.3. The van der Waals surface area contributed by atoms with Crippen LogP contribution < -0.4 is 10.6 Å². The highest BCUT2D eigenvalue weighted by Gasteiger charge is 2.08. The summed E-state index contributed by atoms with van der Waals surface area (Å²) in [5.74, 6) is 0.355. The molecule has 0 bridgehead atoms. The molecule has 2 aromatic rings. The molecule has 0 fully saturated rings. The standard InChI is InChI=1S/C16H20N4O/c1-12(2)9-19-14-5-7-18-15(8-14)16(21)20-11-13-4-3-6-17-10-13/h3-8,10,12H,9,11H2,1-2H3,(H,18,19)(H,20,21). The maximum absolute atomic E-state index is 12.1. The number of carbonyl (C=O) groups is 1. The Kier molecular flexibility index (Phi) is 5.26. The van der Waals surface area contributed by atoms with Crippen LogP contribution in [-0.4, -0.2) is 22.4 Å². The van der Waals surface area contributed by atoms with Crippen molar-refractivity contribution in [3.05, 3.63) is 54.1 Å². The summed E-state index contributed by atoms with van der Waals surface area (Å²) in [5, 5.41) is 6.12. The summed E-state index contributed by atoms with van der Waals surface area (Å²) in [4.78, 5) is 20.2. The summed E-state index contributed by atoms with van der Waals surface area (Å²) in [7, 11) is 0. The molecule has 0 aliphatic heterocycles. The highest BCUT2D eigenvalue weighted by Crippen LogP contribution is 2.09. The predicted octanol–water partition coefficient (Wildman–Crippen LogP) is 2.47. The minimum absolute atomic E-state index is 0.188. The van der Waals surface area contributed by atoms with Crippen LogP contribution >= 0.6 is 0 Å². The quantitative estimate of drug-likeness (QED) is 0.855. The largest absolute Gasteiger partial charge is 0.385 e. The lowest BCUT2D eigenvalue weighted by molar-refractivity contribution is 0.0946. The van der Waals surface area contributed by atoms with E-state index in [2.05, 4.69) is 34.4 Å². The summed E-state index contributed by atoms with van der Waals surface area (Å²) in [6.07, 6.45) is 5.08. The van der Waals surface area contributed by atoms with Gasteiger partial charge in [-0.25, -0.2) is 0 Å². The molecular formula is C16H20N4O. The first kappa shape index (κ1) is 15.0. The molecule has 2 N–H and O–H groups in total. The fourth-order valence-electron chi connectivity index (χ4n) is 1.76. The molecule has 1 amide bonds. The van der Waals surface area contributed by atoms with E-state index in [-0.39, 0.29) is 5.91 Å². The lowest BCUT2D eigenvalue weighted by Crippen LogP contribution is -2.24. The molecular weight excluding hydrogens is 264 g/mol. The van der Waals surface area contributed by atoms with E-state index < -0.39 is 0 Å². The van der Waals surface area contributed by atoms with Crippen LogP contribution in [-0.2, 0) is 6.54 Å². The number of aromatic nitrogens is 2. The molecule has 5 nitrogen and oxygen atoms in total. The molecule has 110 valence electrons. The number of hydrogen-bond acceptors (Lipinski definition) is 4. The number of carbonyl (C=O) groups excluding carboxylic acids is 1. The van der Waals surface area contributed by atoms with E-state index in [1.54, 1.807) is 24.7 Å². The fourth-order valence-corrected chi connectivity index (χ4v) is 1.76. The first-order chi connectivity index (χ1) is 10.1. The van der Waals surface area contributed by atoms with Crippen molar-refractivity contribution in [3.8, 4) is 0 Å². The maximum atomic E-state index is 12.1. The number of amides is 1. The SMILES string of the molecule is CC(C)CNc1ccnc(C(=O)NCc2cccnc2)c1. The molecule has 0 unspecified atom stereocenters. The van der Waals surface area contributed by atoms with Gasteiger partial charge < -0.3 is 10.6 Å². The maximum Gasteiger partial charge on any atom is 0.270 e. The summed E-state index contributed by atoms with van der Waals surface area (Å²) >= 11 is 0. The fraction of sp³-hybridized carbons (Fsp3) is 0.312. The minimum Gasteiger partial charge on any atom is -0.385 e. The van der Waals surface area contributed by atoms with Crippen molar-refractivity contribution in [1.82, 2.24) is 15.3 Å². The Morgan fingerprint density at radius 2 is 2.14 bits per heavy atom. The van der Waals surface area contributed by atoms with E-state index in [4.69, 9.17) is 0 Å². The van der Waals surface area contributed by atoms with Gasteiger partial charge in [-0.2, -0.15) is 0 Å². The smallest absolute Gasteiger partial charge is 0.270 e. The van der Waals surface area contributed by atoms with E-state index in [0.29, 0.717) is 18.2 Å². The molecule has 0 saturated carbocycles. The third-order valence-corrected chi connectivity index (χ3v) is 2.88. The first-order valence-electron chi connectivity index (χ1n) is 7.02. The summed E-state index contributed by atoms with van der Waals surface area (Å²) in [6.45, 7) is 5.57. The van der Waals surface area contributed by atoms with Crippen LogP contribution in [0.3, 0.4) is 0 Å². The summed E-state index contributed by atoms with van der Waals surface area (Å²) in [6, 6.07) is 7.39. The van der Waals surface area contributed by atoms with E-state index in [1.807, 2.05) is 18.2 Å². The normalized spacial score (nSPS) is 10.4. The van der Waals surface area contributed by atoms with Gasteiger partial charge in [-0.05, 0) is 29.7 Å². The Morgan fingerprint density at radius 3 is 2.86 bits per heavy atom. The van der Waals surface area contributed by atoms with Gasteiger partial charge in [0.15, 0.2) is 0 Å². The van der Waals surface area contributed by atoms with Gasteiger partial charge >= 0.3 is 0 Å². The second kappa shape index (κ2) is 7.38. The molecule has 0 atom stereocenters. The average Bonchev–Trinajstić information content (AvgIpc) is 2.52. The molecule has 21 heavy (non-hydrogen) atoms. The Bertz CT molecular complexity index is 584. The molecule has 5 heteroatoms. The lowest BCUT2D eigenvalue weighted by Gasteiger charge is -2.10. The van der Waals surface area contributed by atoms with Crippen LogP contribution in [0.2, 0.25) is 0 Å². The molecule has 2 heterocycles. The van der Waals surface area contributed by atoms with Crippen LogP contribution in [0.15, 0.2) is 42.9 Å². The number of rotatable bonds is 6. The van der Waals surface area contributed by atoms with Crippen molar-refractivity contribution in [2.75, 3.05) is 11.9 Å². The van der Waals surface area contributed by atoms with Gasteiger partial charge in [0.25, 0.3) is 5.91 Å². The molecule has 0 saturated heterocycles. The van der Waals surface area contributed by atoms with Gasteiger partial charge in [-0.3, -0.25) is 14.8 Å². The highest BCUT2D eigenvalue weighted by atomic mass is 16.1. The number of nitrogens with one attached hydrogen (secondary N) is 2. The number of hydrogen-bond donors (Lipinski definition) is 2. The molecule has 0 radical (unpaired) electrons. The second-order valence-corrected chi connectivity index (χ2v) is 5.25. The third kappa shape index (κ3) is 4.87. The van der Waals surface area contributed by atoms with Crippen molar-refractivity contribution in [1.29, 1.82) is 0 Å². The van der Waals surface area contributed by atoms with E-state index >= 15 is 0 Å². The van der Waals surface area contributed by atoms with E-state index in [1.165, 1.54) is 0 Å². The predicted molar refractivity (Wildman–Crippen MR) is 83.0 cm³/mol. The van der Waals surface area contributed by atoms with E-state index in [0.717, 1.165) is 17.8 Å². The van der Waals surface area contributed by atoms with Gasteiger partial charge in [0.05, 0.1) is 0 Å². The summed E-state index contributed by atoms with van der Waals surface area (Å²) in [5.41, 5.74) is 2.28. The number of pyridine rings is 2. The van der Waals surface area contributed by atoms with Crippen LogP contribution in [0.5, 0.6) is 0 Å². The minimum atomic E-state index is -0.188. The van der Waals surface area contributed by atoms with Gasteiger partial charge in [0.2, 0.25) is 0 Å². The zero-order chi connectivity index (χ0) is 15.1. The highest BCUT2D eigenvalue weighted by molar-refractivity contribution is 5.93. The second-order valence-electron chi connectivity index (χ2n) is 5.25. The van der Waals surface area contributed by atoms with Crippen molar-refractivity contribution in [2.45, 2.75) is 20.4 Å². The van der Waals surface area contributed by atoms with Crippen LogP contribution in [0.25, 0.3) is 0 Å². The first-order valence-corrected chi connectivity index (χ1v) is 7.02. The lowest BCUT2D eigenvalue weighted by atomic mass is 10.2. The van der Waals surface area contributed by atoms with Crippen LogP contribution in [0.1, 0.15) is 29.9 Å². The molecule has 0 aromatic carbocycles. The van der Waals surface area contributed by atoms with Crippen LogP contribution in [0, 0.1) is 5.92 Å². The summed E-state index contributed by atoms with van der Waals surface area (Å²) < 4.78 is 0. The third-order valence-electron chi connectivity index (χ3n) is 2.88. The Balaban J connectivity index is 1.94. The van der Waals surface area contributed by atoms with Crippen molar-refractivity contribution in [2.24, 2.45) is 5.92 Å². The van der Waals surface area contributed by atoms with Crippen molar-refractivity contribution < 1.29 is 4.79 Å². The van der Waals surface area contributed by atoms with E-state index in [9.17, 15) is 4.79 Å². The Labute approximate surface area is 124 Å². The van der Waals surface area contributed by atoms with Gasteiger partial charge in [-0.1, -0.05) is 19.9 Å². The Morgan fingerprint density at radius 1 is 1.29 bits per heavy atom. The topological polar surface area (TPSA) is 66.9 Å². The Hall–Kier alpha value is -2.43. The molecule has 0 spiro atoms. The average molecular weight is 284 g/mol. The van der Waals surface area contributed by atoms with Crippen molar-refractivity contribution >= 4 is 11.6 Å². The monoisotopic (exact) mass is 284 g/mol. The molecule has 2 rings (SSSR count). The van der Waals surface area contributed by atoms with Crippen LogP contribution in [0.4, 0.5) is 5.69 Å². The van der Waals surface area contributed by atoms with Crippen molar-refractivity contribution in [3.63, 3.8) is 0 Å². The molecule has 0 aliphatic rings. The number of anilines is 1. The molecule has 0 aliphatic carbocycles. The van der Waals surface area contributed by atoms with Gasteiger partial charge in [0, 0.05) is 37.4 Å². The molecule has 2 aromatic heterocycles.